The number of rotatable bonds is 5. The van der Waals surface area contributed by atoms with Gasteiger partial charge in [-0.05, 0) is 42.3 Å². The highest BCUT2D eigenvalue weighted by atomic mass is 16.5. The average molecular weight is 470 g/mol. The van der Waals surface area contributed by atoms with Crippen molar-refractivity contribution in [2.75, 3.05) is 31.6 Å². The second-order valence-electron chi connectivity index (χ2n) is 8.87. The van der Waals surface area contributed by atoms with Crippen LogP contribution in [0.4, 0.5) is 5.69 Å². The van der Waals surface area contributed by atoms with E-state index in [2.05, 4.69) is 27.5 Å². The molecule has 178 valence electrons. The second-order valence-corrected chi connectivity index (χ2v) is 8.87. The molecule has 2 aromatic heterocycles. The summed E-state index contributed by atoms with van der Waals surface area (Å²) in [5, 5.41) is 7.98. The molecule has 8 nitrogen and oxygen atoms in total. The molecule has 0 spiro atoms. The van der Waals surface area contributed by atoms with E-state index in [-0.39, 0.29) is 17.7 Å². The molecule has 8 heteroatoms. The van der Waals surface area contributed by atoms with Crippen molar-refractivity contribution in [3.63, 3.8) is 0 Å². The van der Waals surface area contributed by atoms with Crippen LogP contribution in [0.15, 0.2) is 73.2 Å². The number of anilines is 1. The number of amides is 2. The molecule has 1 aliphatic heterocycles. The van der Waals surface area contributed by atoms with E-state index in [4.69, 9.17) is 4.74 Å². The Morgan fingerprint density at radius 2 is 1.97 bits per heavy atom. The van der Waals surface area contributed by atoms with Gasteiger partial charge in [-0.15, -0.1) is 0 Å². The molecule has 1 atom stereocenters. The van der Waals surface area contributed by atoms with Crippen molar-refractivity contribution in [2.24, 2.45) is 13.0 Å². The molecule has 5 rings (SSSR count). The predicted molar refractivity (Wildman–Crippen MR) is 133 cm³/mol. The number of carbonyl (C=O) groups is 2. The summed E-state index contributed by atoms with van der Waals surface area (Å²) in [5.74, 6) is -0.178. The zero-order chi connectivity index (χ0) is 24.2. The van der Waals surface area contributed by atoms with Gasteiger partial charge in [0, 0.05) is 55.1 Å². The lowest BCUT2D eigenvalue weighted by Crippen LogP contribution is -2.36. The van der Waals surface area contributed by atoms with Gasteiger partial charge in [-0.3, -0.25) is 19.3 Å². The van der Waals surface area contributed by atoms with Crippen molar-refractivity contribution in [2.45, 2.75) is 6.42 Å². The molecule has 1 saturated heterocycles. The molecule has 0 bridgehead atoms. The molecule has 0 saturated carbocycles. The number of aryl methyl sites for hydroxylation is 1. The summed E-state index contributed by atoms with van der Waals surface area (Å²) in [7, 11) is 1.75. The maximum atomic E-state index is 13.4. The van der Waals surface area contributed by atoms with Gasteiger partial charge in [-0.1, -0.05) is 24.3 Å². The number of benzene rings is 2. The number of para-hydroxylation sites is 1. The summed E-state index contributed by atoms with van der Waals surface area (Å²) in [4.78, 5) is 32.2. The van der Waals surface area contributed by atoms with Crippen molar-refractivity contribution in [1.82, 2.24) is 19.7 Å². The average Bonchev–Trinajstić information content (AvgIpc) is 3.18. The van der Waals surface area contributed by atoms with Gasteiger partial charge in [0.15, 0.2) is 0 Å². The van der Waals surface area contributed by atoms with Crippen LogP contribution >= 0.6 is 0 Å². The third-order valence-corrected chi connectivity index (χ3v) is 6.13. The standard InChI is InChI=1S/C27H27N5O3/c1-31-17-23(15-29-31)26(33)30-24-7-4-6-22(13-24)27(34)32-9-10-35-18-20(16-32)11-19-12-21-5-2-3-8-25(21)28-14-19/h2-8,12-15,17,20H,9-11,16,18H2,1H3,(H,30,33)/t20-/m1/s1. The van der Waals surface area contributed by atoms with Crippen LogP contribution in [-0.4, -0.2) is 57.8 Å². The number of nitrogens with one attached hydrogen (secondary N) is 1. The van der Waals surface area contributed by atoms with Gasteiger partial charge in [-0.25, -0.2) is 0 Å². The van der Waals surface area contributed by atoms with E-state index in [1.165, 1.54) is 6.20 Å². The number of hydrogen-bond acceptors (Lipinski definition) is 5. The normalized spacial score (nSPS) is 16.1. The van der Waals surface area contributed by atoms with Gasteiger partial charge in [-0.2, -0.15) is 5.10 Å². The summed E-state index contributed by atoms with van der Waals surface area (Å²) in [6, 6.07) is 17.2. The van der Waals surface area contributed by atoms with Crippen LogP contribution in [0, 0.1) is 5.92 Å². The molecule has 2 aromatic carbocycles. The minimum absolute atomic E-state index is 0.0744. The van der Waals surface area contributed by atoms with Crippen LogP contribution in [-0.2, 0) is 18.2 Å². The quantitative estimate of drug-likeness (QED) is 0.483. The van der Waals surface area contributed by atoms with Gasteiger partial charge in [0.1, 0.15) is 0 Å². The van der Waals surface area contributed by atoms with E-state index in [1.54, 1.807) is 42.2 Å². The van der Waals surface area contributed by atoms with Crippen molar-refractivity contribution in [3.8, 4) is 0 Å². The van der Waals surface area contributed by atoms with E-state index < -0.39 is 0 Å². The Hall–Kier alpha value is -4.04. The van der Waals surface area contributed by atoms with E-state index in [9.17, 15) is 9.59 Å². The first kappa shape index (κ1) is 22.7. The fourth-order valence-corrected chi connectivity index (χ4v) is 4.40. The summed E-state index contributed by atoms with van der Waals surface area (Å²) >= 11 is 0. The first-order valence-corrected chi connectivity index (χ1v) is 11.7. The van der Waals surface area contributed by atoms with Crippen LogP contribution in [0.25, 0.3) is 10.9 Å². The number of hydrogen-bond donors (Lipinski definition) is 1. The third-order valence-electron chi connectivity index (χ3n) is 6.13. The lowest BCUT2D eigenvalue weighted by Gasteiger charge is -2.24. The molecule has 1 aliphatic rings. The molecule has 4 aromatic rings. The Morgan fingerprint density at radius 1 is 1.09 bits per heavy atom. The van der Waals surface area contributed by atoms with E-state index in [0.29, 0.717) is 43.1 Å². The van der Waals surface area contributed by atoms with Crippen molar-refractivity contribution < 1.29 is 14.3 Å². The second kappa shape index (κ2) is 10.1. The maximum Gasteiger partial charge on any atom is 0.258 e. The van der Waals surface area contributed by atoms with Crippen molar-refractivity contribution in [1.29, 1.82) is 0 Å². The minimum Gasteiger partial charge on any atom is -0.379 e. The lowest BCUT2D eigenvalue weighted by atomic mass is 9.99. The highest BCUT2D eigenvalue weighted by molar-refractivity contribution is 6.04. The number of fused-ring (bicyclic) bond motifs is 1. The van der Waals surface area contributed by atoms with Gasteiger partial charge >= 0.3 is 0 Å². The largest absolute Gasteiger partial charge is 0.379 e. The molecule has 0 radical (unpaired) electrons. The van der Waals surface area contributed by atoms with Gasteiger partial charge < -0.3 is 15.0 Å². The molecule has 0 unspecified atom stereocenters. The van der Waals surface area contributed by atoms with Crippen molar-refractivity contribution >= 4 is 28.4 Å². The van der Waals surface area contributed by atoms with Gasteiger partial charge in [0.2, 0.25) is 0 Å². The topological polar surface area (TPSA) is 89.4 Å². The molecular weight excluding hydrogens is 442 g/mol. The fraction of sp³-hybridized carbons (Fsp3) is 0.259. The molecule has 2 amide bonds. The molecule has 1 fully saturated rings. The van der Waals surface area contributed by atoms with Crippen molar-refractivity contribution in [3.05, 3.63) is 89.9 Å². The number of ether oxygens (including phenoxy) is 1. The number of nitrogens with zero attached hydrogens (tertiary/aromatic N) is 4. The zero-order valence-corrected chi connectivity index (χ0v) is 19.6. The number of carbonyl (C=O) groups excluding carboxylic acids is 2. The summed E-state index contributed by atoms with van der Waals surface area (Å²) < 4.78 is 7.40. The Morgan fingerprint density at radius 3 is 2.83 bits per heavy atom. The Bertz CT molecular complexity index is 1370. The molecule has 0 aliphatic carbocycles. The Balaban J connectivity index is 1.27. The fourth-order valence-electron chi connectivity index (χ4n) is 4.40. The Labute approximate surface area is 203 Å². The monoisotopic (exact) mass is 469 g/mol. The minimum atomic E-state index is -0.269. The zero-order valence-electron chi connectivity index (χ0n) is 19.6. The van der Waals surface area contributed by atoms with E-state index in [1.807, 2.05) is 29.3 Å². The van der Waals surface area contributed by atoms with Crippen LogP contribution in [0.3, 0.4) is 0 Å². The Kier molecular flexibility index (Phi) is 6.54. The third kappa shape index (κ3) is 5.38. The van der Waals surface area contributed by atoms with Gasteiger partial charge in [0.25, 0.3) is 11.8 Å². The van der Waals surface area contributed by atoms with Crippen LogP contribution < -0.4 is 5.32 Å². The number of aromatic nitrogens is 3. The predicted octanol–water partition coefficient (Wildman–Crippen LogP) is 3.55. The highest BCUT2D eigenvalue weighted by Gasteiger charge is 2.24. The maximum absolute atomic E-state index is 13.4. The van der Waals surface area contributed by atoms with E-state index >= 15 is 0 Å². The smallest absolute Gasteiger partial charge is 0.258 e. The molecule has 35 heavy (non-hydrogen) atoms. The first-order valence-electron chi connectivity index (χ1n) is 11.7. The van der Waals surface area contributed by atoms with Gasteiger partial charge in [0.05, 0.1) is 30.5 Å². The summed E-state index contributed by atoms with van der Waals surface area (Å²) in [5.41, 5.74) is 3.66. The lowest BCUT2D eigenvalue weighted by molar-refractivity contribution is 0.0737. The number of pyridine rings is 1. The van der Waals surface area contributed by atoms with Crippen LogP contribution in [0.5, 0.6) is 0 Å². The first-order chi connectivity index (χ1) is 17.0. The SMILES string of the molecule is Cn1cc(C(=O)Nc2cccc(C(=O)N3CCOC[C@H](Cc4cnc5ccccc5c4)C3)c2)cn1. The summed E-state index contributed by atoms with van der Waals surface area (Å²) in [6.07, 6.45) is 5.84. The summed E-state index contributed by atoms with van der Waals surface area (Å²) in [6.45, 7) is 2.21. The highest BCUT2D eigenvalue weighted by Crippen LogP contribution is 2.20. The van der Waals surface area contributed by atoms with Crippen LogP contribution in [0.2, 0.25) is 0 Å². The van der Waals surface area contributed by atoms with Crippen LogP contribution in [0.1, 0.15) is 26.3 Å². The molecule has 3 heterocycles. The molecular formula is C27H27N5O3. The van der Waals surface area contributed by atoms with E-state index in [0.717, 1.165) is 22.9 Å². The molecule has 1 N–H and O–H groups in total.